The molecule has 0 unspecified atom stereocenters. The number of rotatable bonds is 5. The summed E-state index contributed by atoms with van der Waals surface area (Å²) < 4.78 is 16.5. The summed E-state index contributed by atoms with van der Waals surface area (Å²) in [6, 6.07) is 5.42. The molecule has 1 saturated carbocycles. The number of aryl methyl sites for hydroxylation is 1. The van der Waals surface area contributed by atoms with E-state index < -0.39 is 0 Å². The molecule has 0 spiro atoms. The summed E-state index contributed by atoms with van der Waals surface area (Å²) in [4.78, 5) is 15.4. The minimum Gasteiger partial charge on any atom is -0.347 e. The van der Waals surface area contributed by atoms with Gasteiger partial charge in [0.05, 0.1) is 24.3 Å². The Morgan fingerprint density at radius 2 is 2.00 bits per heavy atom. The maximum absolute atomic E-state index is 14.6. The number of hydrogen-bond acceptors (Lipinski definition) is 6. The first-order chi connectivity index (χ1) is 15.1. The van der Waals surface area contributed by atoms with Crippen LogP contribution >= 0.6 is 0 Å². The van der Waals surface area contributed by atoms with Gasteiger partial charge in [-0.1, -0.05) is 6.92 Å². The summed E-state index contributed by atoms with van der Waals surface area (Å²) in [6.07, 6.45) is 7.38. The van der Waals surface area contributed by atoms with Crippen molar-refractivity contribution < 1.29 is 4.39 Å². The molecule has 9 heteroatoms. The fourth-order valence-corrected chi connectivity index (χ4v) is 4.28. The van der Waals surface area contributed by atoms with E-state index in [0.717, 1.165) is 59.9 Å². The Kier molecular flexibility index (Phi) is 4.06. The zero-order chi connectivity index (χ0) is 21.0. The molecule has 1 fully saturated rings. The van der Waals surface area contributed by atoms with Gasteiger partial charge in [0.1, 0.15) is 35.8 Å². The average molecular weight is 418 g/mol. The third-order valence-electron chi connectivity index (χ3n) is 6.66. The minimum atomic E-state index is -0.173. The van der Waals surface area contributed by atoms with Crippen molar-refractivity contribution in [3.05, 3.63) is 48.1 Å². The SMILES string of the molecule is CC1(CCc2cc3c(-c4cc(N5CCn6ncnc6C5)ncn4)n[nH]c3cc2F)CC1. The van der Waals surface area contributed by atoms with Gasteiger partial charge in [0, 0.05) is 18.0 Å². The maximum Gasteiger partial charge on any atom is 0.146 e. The summed E-state index contributed by atoms with van der Waals surface area (Å²) in [7, 11) is 0. The lowest BCUT2D eigenvalue weighted by Crippen LogP contribution is -2.34. The van der Waals surface area contributed by atoms with E-state index in [0.29, 0.717) is 17.5 Å². The molecular formula is C22H23FN8. The molecule has 1 N–H and O–H groups in total. The summed E-state index contributed by atoms with van der Waals surface area (Å²) >= 11 is 0. The van der Waals surface area contributed by atoms with E-state index in [2.05, 4.69) is 42.1 Å². The number of aromatic nitrogens is 7. The molecule has 4 heterocycles. The van der Waals surface area contributed by atoms with E-state index in [1.54, 1.807) is 18.7 Å². The number of halogens is 1. The molecule has 6 rings (SSSR count). The molecule has 0 amide bonds. The number of fused-ring (bicyclic) bond motifs is 2. The first kappa shape index (κ1) is 18.4. The van der Waals surface area contributed by atoms with Crippen molar-refractivity contribution in [1.82, 2.24) is 34.9 Å². The van der Waals surface area contributed by atoms with E-state index in [4.69, 9.17) is 0 Å². The van der Waals surface area contributed by atoms with Gasteiger partial charge in [-0.25, -0.2) is 24.0 Å². The van der Waals surface area contributed by atoms with E-state index >= 15 is 0 Å². The Hall–Kier alpha value is -3.36. The summed E-state index contributed by atoms with van der Waals surface area (Å²) in [5.74, 6) is 1.56. The monoisotopic (exact) mass is 418 g/mol. The lowest BCUT2D eigenvalue weighted by molar-refractivity contribution is 0.507. The second kappa shape index (κ2) is 6.83. The Morgan fingerprint density at radius 1 is 1.10 bits per heavy atom. The summed E-state index contributed by atoms with van der Waals surface area (Å²) in [5, 5.41) is 12.5. The number of anilines is 1. The van der Waals surface area contributed by atoms with Crippen LogP contribution in [0.15, 0.2) is 30.9 Å². The molecule has 0 atom stereocenters. The highest BCUT2D eigenvalue weighted by Crippen LogP contribution is 2.49. The number of benzene rings is 1. The van der Waals surface area contributed by atoms with E-state index in [9.17, 15) is 4.39 Å². The molecule has 4 aromatic rings. The van der Waals surface area contributed by atoms with Crippen LogP contribution in [0.2, 0.25) is 0 Å². The van der Waals surface area contributed by atoms with Gasteiger partial charge in [-0.3, -0.25) is 5.10 Å². The molecular weight excluding hydrogens is 395 g/mol. The topological polar surface area (TPSA) is 88.4 Å². The standard InChI is InChI=1S/C22H23FN8/c1-22(4-5-22)3-2-14-8-15-17(9-16(14)23)28-29-21(15)18-10-19(25-12-24-18)30-6-7-31-20(11-30)26-13-27-31/h8-10,12-13H,2-7,11H2,1H3,(H,28,29). The van der Waals surface area contributed by atoms with Crippen LogP contribution in [0.25, 0.3) is 22.3 Å². The average Bonchev–Trinajstić information content (AvgIpc) is 3.17. The van der Waals surface area contributed by atoms with Gasteiger partial charge in [0.2, 0.25) is 0 Å². The van der Waals surface area contributed by atoms with Gasteiger partial charge >= 0.3 is 0 Å². The van der Waals surface area contributed by atoms with Crippen molar-refractivity contribution in [1.29, 1.82) is 0 Å². The number of H-pyrrole nitrogens is 1. The van der Waals surface area contributed by atoms with Crippen LogP contribution in [0.3, 0.4) is 0 Å². The zero-order valence-electron chi connectivity index (χ0n) is 17.3. The van der Waals surface area contributed by atoms with E-state index in [-0.39, 0.29) is 5.82 Å². The predicted octanol–water partition coefficient (Wildman–Crippen LogP) is 3.50. The van der Waals surface area contributed by atoms with Crippen molar-refractivity contribution >= 4 is 16.7 Å². The van der Waals surface area contributed by atoms with Crippen LogP contribution in [0.1, 0.15) is 37.6 Å². The fraction of sp³-hybridized carbons (Fsp3) is 0.409. The summed E-state index contributed by atoms with van der Waals surface area (Å²) in [5.41, 5.74) is 3.25. The Labute approximate surface area is 178 Å². The first-order valence-electron chi connectivity index (χ1n) is 10.7. The van der Waals surface area contributed by atoms with Crippen LogP contribution in [-0.2, 0) is 19.5 Å². The number of aromatic amines is 1. The van der Waals surface area contributed by atoms with Crippen molar-refractivity contribution in [3.8, 4) is 11.4 Å². The third kappa shape index (κ3) is 3.34. The van der Waals surface area contributed by atoms with Crippen LogP contribution < -0.4 is 4.90 Å². The molecule has 0 saturated heterocycles. The van der Waals surface area contributed by atoms with Gasteiger partial charge in [0.15, 0.2) is 0 Å². The summed E-state index contributed by atoms with van der Waals surface area (Å²) in [6.45, 7) is 4.48. The fourth-order valence-electron chi connectivity index (χ4n) is 4.28. The largest absolute Gasteiger partial charge is 0.347 e. The molecule has 1 aliphatic carbocycles. The van der Waals surface area contributed by atoms with Crippen LogP contribution in [0, 0.1) is 11.2 Å². The van der Waals surface area contributed by atoms with Crippen LogP contribution in [-0.4, -0.2) is 41.5 Å². The van der Waals surface area contributed by atoms with E-state index in [1.807, 2.05) is 16.8 Å². The van der Waals surface area contributed by atoms with Gasteiger partial charge in [-0.15, -0.1) is 0 Å². The molecule has 0 radical (unpaired) electrons. The second-order valence-electron chi connectivity index (χ2n) is 8.95. The van der Waals surface area contributed by atoms with Crippen molar-refractivity contribution in [3.63, 3.8) is 0 Å². The smallest absolute Gasteiger partial charge is 0.146 e. The zero-order valence-corrected chi connectivity index (χ0v) is 17.3. The normalized spacial score (nSPS) is 17.2. The highest BCUT2D eigenvalue weighted by Gasteiger charge is 2.36. The Bertz CT molecular complexity index is 1270. The van der Waals surface area contributed by atoms with Gasteiger partial charge in [-0.2, -0.15) is 10.2 Å². The van der Waals surface area contributed by atoms with Crippen LogP contribution in [0.4, 0.5) is 10.2 Å². The molecule has 3 aromatic heterocycles. The molecule has 0 bridgehead atoms. The quantitative estimate of drug-likeness (QED) is 0.534. The number of nitrogens with zero attached hydrogens (tertiary/aromatic N) is 7. The number of hydrogen-bond donors (Lipinski definition) is 1. The molecule has 31 heavy (non-hydrogen) atoms. The maximum atomic E-state index is 14.6. The minimum absolute atomic E-state index is 0.173. The molecule has 8 nitrogen and oxygen atoms in total. The van der Waals surface area contributed by atoms with Gasteiger partial charge in [0.25, 0.3) is 0 Å². The third-order valence-corrected chi connectivity index (χ3v) is 6.66. The predicted molar refractivity (Wildman–Crippen MR) is 114 cm³/mol. The van der Waals surface area contributed by atoms with Crippen molar-refractivity contribution in [2.75, 3.05) is 11.4 Å². The molecule has 1 aromatic carbocycles. The van der Waals surface area contributed by atoms with Gasteiger partial charge in [-0.05, 0) is 48.8 Å². The number of nitrogens with one attached hydrogen (secondary N) is 1. The van der Waals surface area contributed by atoms with Crippen molar-refractivity contribution in [2.24, 2.45) is 5.41 Å². The first-order valence-corrected chi connectivity index (χ1v) is 10.7. The lowest BCUT2D eigenvalue weighted by Gasteiger charge is -2.27. The lowest BCUT2D eigenvalue weighted by atomic mass is 9.97. The molecule has 1 aliphatic heterocycles. The van der Waals surface area contributed by atoms with Crippen molar-refractivity contribution in [2.45, 2.75) is 45.7 Å². The highest BCUT2D eigenvalue weighted by atomic mass is 19.1. The second-order valence-corrected chi connectivity index (χ2v) is 8.95. The Morgan fingerprint density at radius 3 is 2.87 bits per heavy atom. The molecule has 158 valence electrons. The van der Waals surface area contributed by atoms with Gasteiger partial charge < -0.3 is 4.90 Å². The van der Waals surface area contributed by atoms with E-state index in [1.165, 1.54) is 12.8 Å². The van der Waals surface area contributed by atoms with Crippen LogP contribution in [0.5, 0.6) is 0 Å². The Balaban J connectivity index is 1.32. The highest BCUT2D eigenvalue weighted by molar-refractivity contribution is 5.92. The molecule has 2 aliphatic rings.